The second kappa shape index (κ2) is 14.0. The van der Waals surface area contributed by atoms with Crippen molar-refractivity contribution in [3.8, 4) is 0 Å². The zero-order chi connectivity index (χ0) is 8.36. The summed E-state index contributed by atoms with van der Waals surface area (Å²) in [6.45, 7) is 2.61. The largest absolute Gasteiger partial charge is 0.396 e. The number of hydrogen-bond acceptors (Lipinski definition) is 1. The zero-order valence-electron chi connectivity index (χ0n) is 8.14. The third-order valence-corrected chi connectivity index (χ3v) is 2.01. The minimum atomic E-state index is 0. The van der Waals surface area contributed by atoms with E-state index in [0.717, 1.165) is 6.42 Å². The Morgan fingerprint density at radius 1 is 0.750 bits per heavy atom. The molecular weight excluding hydrogens is 195 g/mol. The molecule has 2 heteroatoms. The van der Waals surface area contributed by atoms with Crippen molar-refractivity contribution >= 4 is 0 Å². The first-order valence-corrected chi connectivity index (χ1v) is 5.02. The van der Waals surface area contributed by atoms with Crippen LogP contribution in [-0.4, -0.2) is 11.7 Å². The number of rotatable bonds is 8. The molecule has 0 rings (SSSR count). The number of unbranched alkanes of at least 4 members (excludes halogenated alkanes) is 7. The maximum absolute atomic E-state index is 8.51. The first-order chi connectivity index (χ1) is 5.41. The Morgan fingerprint density at radius 3 is 1.58 bits per heavy atom. The third kappa shape index (κ3) is 13.1. The number of aliphatic hydroxyl groups is 1. The molecule has 0 aliphatic rings. The van der Waals surface area contributed by atoms with Crippen molar-refractivity contribution in [2.75, 3.05) is 6.61 Å². The fourth-order valence-electron chi connectivity index (χ4n) is 1.25. The van der Waals surface area contributed by atoms with E-state index in [1.807, 2.05) is 0 Å². The maximum atomic E-state index is 8.51. The SMILES string of the molecule is CCCCCCCCCCO.[Co]. The van der Waals surface area contributed by atoms with Gasteiger partial charge in [-0.3, -0.25) is 0 Å². The summed E-state index contributed by atoms with van der Waals surface area (Å²) >= 11 is 0. The van der Waals surface area contributed by atoms with Crippen LogP contribution >= 0.6 is 0 Å². The molecule has 0 aromatic carbocycles. The van der Waals surface area contributed by atoms with Gasteiger partial charge in [0, 0.05) is 23.4 Å². The van der Waals surface area contributed by atoms with Gasteiger partial charge in [0.05, 0.1) is 0 Å². The van der Waals surface area contributed by atoms with Crippen LogP contribution in [0.5, 0.6) is 0 Å². The number of hydrogen-bond donors (Lipinski definition) is 1. The van der Waals surface area contributed by atoms with E-state index in [4.69, 9.17) is 5.11 Å². The molecule has 1 radical (unpaired) electrons. The molecule has 0 saturated heterocycles. The van der Waals surface area contributed by atoms with E-state index in [1.54, 1.807) is 0 Å². The second-order valence-corrected chi connectivity index (χ2v) is 3.20. The van der Waals surface area contributed by atoms with Crippen molar-refractivity contribution in [2.24, 2.45) is 0 Å². The predicted molar refractivity (Wildman–Crippen MR) is 49.7 cm³/mol. The third-order valence-electron chi connectivity index (χ3n) is 2.01. The standard InChI is InChI=1S/C10H22O.Co/c1-2-3-4-5-6-7-8-9-10-11;/h11H,2-10H2,1H3;. The summed E-state index contributed by atoms with van der Waals surface area (Å²) in [6.07, 6.45) is 10.4. The van der Waals surface area contributed by atoms with Crippen molar-refractivity contribution in [3.05, 3.63) is 0 Å². The van der Waals surface area contributed by atoms with Gasteiger partial charge in [0.15, 0.2) is 0 Å². The van der Waals surface area contributed by atoms with E-state index in [1.165, 1.54) is 44.9 Å². The Morgan fingerprint density at radius 2 is 1.17 bits per heavy atom. The summed E-state index contributed by atoms with van der Waals surface area (Å²) in [4.78, 5) is 0. The molecule has 12 heavy (non-hydrogen) atoms. The van der Waals surface area contributed by atoms with Crippen LogP contribution in [0.2, 0.25) is 0 Å². The minimum Gasteiger partial charge on any atom is -0.396 e. The number of aliphatic hydroxyl groups excluding tert-OH is 1. The second-order valence-electron chi connectivity index (χ2n) is 3.20. The molecule has 1 N–H and O–H groups in total. The van der Waals surface area contributed by atoms with E-state index in [2.05, 4.69) is 6.92 Å². The summed E-state index contributed by atoms with van der Waals surface area (Å²) in [5.74, 6) is 0. The van der Waals surface area contributed by atoms with Crippen LogP contribution in [0.4, 0.5) is 0 Å². The average molecular weight is 217 g/mol. The predicted octanol–water partition coefficient (Wildman–Crippen LogP) is 3.12. The van der Waals surface area contributed by atoms with Gasteiger partial charge >= 0.3 is 0 Å². The quantitative estimate of drug-likeness (QED) is 0.619. The molecular formula is C10H22CoO. The Hall–Kier alpha value is 0.466. The van der Waals surface area contributed by atoms with Crippen molar-refractivity contribution in [3.63, 3.8) is 0 Å². The van der Waals surface area contributed by atoms with E-state index >= 15 is 0 Å². The van der Waals surface area contributed by atoms with E-state index < -0.39 is 0 Å². The minimum absolute atomic E-state index is 0. The molecule has 0 bridgehead atoms. The average Bonchev–Trinajstić information content (AvgIpc) is 2.03. The molecule has 0 spiro atoms. The van der Waals surface area contributed by atoms with Crippen LogP contribution in [0, 0.1) is 0 Å². The molecule has 0 aromatic rings. The maximum Gasteiger partial charge on any atom is 0.0431 e. The Labute approximate surface area is 87.1 Å². The molecule has 0 heterocycles. The Kier molecular flexibility index (Phi) is 17.5. The van der Waals surface area contributed by atoms with Gasteiger partial charge in [-0.25, -0.2) is 0 Å². The topological polar surface area (TPSA) is 20.2 Å². The molecule has 0 aliphatic carbocycles. The molecule has 1 nitrogen and oxygen atoms in total. The normalized spacial score (nSPS) is 9.50. The fraction of sp³-hybridized carbons (Fsp3) is 1.00. The molecule has 0 saturated carbocycles. The van der Waals surface area contributed by atoms with Gasteiger partial charge in [0.2, 0.25) is 0 Å². The molecule has 0 aromatic heterocycles. The van der Waals surface area contributed by atoms with Crippen molar-refractivity contribution < 1.29 is 21.9 Å². The van der Waals surface area contributed by atoms with Crippen LogP contribution < -0.4 is 0 Å². The van der Waals surface area contributed by atoms with Gasteiger partial charge in [-0.05, 0) is 6.42 Å². The van der Waals surface area contributed by atoms with Gasteiger partial charge in [0.1, 0.15) is 0 Å². The van der Waals surface area contributed by atoms with Crippen LogP contribution in [0.3, 0.4) is 0 Å². The van der Waals surface area contributed by atoms with Gasteiger partial charge in [-0.15, -0.1) is 0 Å². The Bertz CT molecular complexity index is 58.9. The van der Waals surface area contributed by atoms with Crippen molar-refractivity contribution in [1.29, 1.82) is 0 Å². The monoisotopic (exact) mass is 217 g/mol. The van der Waals surface area contributed by atoms with Gasteiger partial charge in [0.25, 0.3) is 0 Å². The molecule has 0 unspecified atom stereocenters. The van der Waals surface area contributed by atoms with E-state index in [-0.39, 0.29) is 16.8 Å². The van der Waals surface area contributed by atoms with Crippen LogP contribution in [0.25, 0.3) is 0 Å². The molecule has 0 amide bonds. The van der Waals surface area contributed by atoms with Gasteiger partial charge in [-0.2, -0.15) is 0 Å². The first kappa shape index (κ1) is 15.0. The van der Waals surface area contributed by atoms with Gasteiger partial charge in [-0.1, -0.05) is 51.9 Å². The van der Waals surface area contributed by atoms with Gasteiger partial charge < -0.3 is 5.11 Å². The smallest absolute Gasteiger partial charge is 0.0431 e. The summed E-state index contributed by atoms with van der Waals surface area (Å²) < 4.78 is 0. The Balaban J connectivity index is 0. The van der Waals surface area contributed by atoms with E-state index in [9.17, 15) is 0 Å². The fourth-order valence-corrected chi connectivity index (χ4v) is 1.25. The summed E-state index contributed by atoms with van der Waals surface area (Å²) in [5, 5.41) is 8.51. The summed E-state index contributed by atoms with van der Waals surface area (Å²) in [5.41, 5.74) is 0. The van der Waals surface area contributed by atoms with Crippen molar-refractivity contribution in [1.82, 2.24) is 0 Å². The summed E-state index contributed by atoms with van der Waals surface area (Å²) in [7, 11) is 0. The molecule has 0 aliphatic heterocycles. The zero-order valence-corrected chi connectivity index (χ0v) is 9.19. The van der Waals surface area contributed by atoms with E-state index in [0.29, 0.717) is 6.61 Å². The molecule has 0 fully saturated rings. The molecule has 77 valence electrons. The van der Waals surface area contributed by atoms with Crippen molar-refractivity contribution in [2.45, 2.75) is 58.3 Å². The van der Waals surface area contributed by atoms with Crippen LogP contribution in [0.15, 0.2) is 0 Å². The molecule has 0 atom stereocenters. The van der Waals surface area contributed by atoms with Crippen LogP contribution in [-0.2, 0) is 16.8 Å². The van der Waals surface area contributed by atoms with Crippen LogP contribution in [0.1, 0.15) is 58.3 Å². The first-order valence-electron chi connectivity index (χ1n) is 5.02. The summed E-state index contributed by atoms with van der Waals surface area (Å²) in [6, 6.07) is 0.